The molecule has 1 aliphatic rings. The van der Waals surface area contributed by atoms with E-state index < -0.39 is 0 Å². The SMILES string of the molecule is Clc1ccnc([C@H]2CCCCN2)c1. The van der Waals surface area contributed by atoms with Crippen LogP contribution in [0.25, 0.3) is 0 Å². The highest BCUT2D eigenvalue weighted by Crippen LogP contribution is 2.22. The summed E-state index contributed by atoms with van der Waals surface area (Å²) < 4.78 is 0. The van der Waals surface area contributed by atoms with Crippen LogP contribution < -0.4 is 5.32 Å². The number of hydrogen-bond acceptors (Lipinski definition) is 2. The first kappa shape index (κ1) is 8.97. The van der Waals surface area contributed by atoms with Crippen molar-refractivity contribution in [1.29, 1.82) is 0 Å². The van der Waals surface area contributed by atoms with E-state index in [1.807, 2.05) is 12.1 Å². The first-order valence-corrected chi connectivity index (χ1v) is 5.09. The predicted octanol–water partition coefficient (Wildman–Crippen LogP) is 2.55. The summed E-state index contributed by atoms with van der Waals surface area (Å²) in [5, 5.41) is 4.22. The Hall–Kier alpha value is -0.600. The summed E-state index contributed by atoms with van der Waals surface area (Å²) >= 11 is 5.90. The van der Waals surface area contributed by atoms with Crippen LogP contribution in [0.1, 0.15) is 31.0 Å². The molecular weight excluding hydrogens is 184 g/mol. The van der Waals surface area contributed by atoms with E-state index in [9.17, 15) is 0 Å². The minimum Gasteiger partial charge on any atom is -0.309 e. The van der Waals surface area contributed by atoms with Crippen LogP contribution in [-0.2, 0) is 0 Å². The highest BCUT2D eigenvalue weighted by molar-refractivity contribution is 6.30. The molecule has 2 heterocycles. The molecular formula is C10H13ClN2. The maximum atomic E-state index is 5.90. The van der Waals surface area contributed by atoms with Gasteiger partial charge in [0, 0.05) is 17.3 Å². The molecule has 1 saturated heterocycles. The van der Waals surface area contributed by atoms with Gasteiger partial charge in [-0.05, 0) is 31.5 Å². The molecule has 0 radical (unpaired) electrons. The van der Waals surface area contributed by atoms with Crippen molar-refractivity contribution in [3.8, 4) is 0 Å². The molecule has 1 atom stereocenters. The van der Waals surface area contributed by atoms with Crippen molar-refractivity contribution in [3.63, 3.8) is 0 Å². The zero-order valence-electron chi connectivity index (χ0n) is 7.46. The van der Waals surface area contributed by atoms with Gasteiger partial charge in [-0.3, -0.25) is 4.98 Å². The van der Waals surface area contributed by atoms with E-state index in [1.54, 1.807) is 6.20 Å². The number of rotatable bonds is 1. The lowest BCUT2D eigenvalue weighted by atomic mass is 10.0. The standard InChI is InChI=1S/C10H13ClN2/c11-8-4-6-13-10(7-8)9-3-1-2-5-12-9/h4,6-7,9,12H,1-3,5H2/t9-/m1/s1. The first-order valence-electron chi connectivity index (χ1n) is 4.71. The highest BCUT2D eigenvalue weighted by atomic mass is 35.5. The van der Waals surface area contributed by atoms with E-state index in [2.05, 4.69) is 10.3 Å². The third kappa shape index (κ3) is 2.20. The summed E-state index contributed by atoms with van der Waals surface area (Å²) in [6, 6.07) is 4.17. The molecule has 1 aromatic rings. The van der Waals surface area contributed by atoms with Crippen LogP contribution in [0.2, 0.25) is 5.02 Å². The Morgan fingerprint density at radius 1 is 1.46 bits per heavy atom. The Kier molecular flexibility index (Phi) is 2.81. The molecule has 2 rings (SSSR count). The maximum absolute atomic E-state index is 5.90. The lowest BCUT2D eigenvalue weighted by molar-refractivity contribution is 0.405. The van der Waals surface area contributed by atoms with E-state index in [0.29, 0.717) is 6.04 Å². The van der Waals surface area contributed by atoms with E-state index in [0.717, 1.165) is 17.3 Å². The molecule has 0 aliphatic carbocycles. The van der Waals surface area contributed by atoms with Crippen LogP contribution in [0.4, 0.5) is 0 Å². The van der Waals surface area contributed by atoms with E-state index in [-0.39, 0.29) is 0 Å². The van der Waals surface area contributed by atoms with Gasteiger partial charge in [-0.25, -0.2) is 0 Å². The Morgan fingerprint density at radius 3 is 3.08 bits per heavy atom. The van der Waals surface area contributed by atoms with Crippen LogP contribution >= 0.6 is 11.6 Å². The van der Waals surface area contributed by atoms with Gasteiger partial charge in [0.25, 0.3) is 0 Å². The zero-order valence-corrected chi connectivity index (χ0v) is 8.22. The number of nitrogens with zero attached hydrogens (tertiary/aromatic N) is 1. The van der Waals surface area contributed by atoms with Crippen molar-refractivity contribution in [2.45, 2.75) is 25.3 Å². The topological polar surface area (TPSA) is 24.9 Å². The minimum atomic E-state index is 0.410. The van der Waals surface area contributed by atoms with Crippen LogP contribution in [0.15, 0.2) is 18.3 Å². The average molecular weight is 197 g/mol. The molecule has 0 saturated carbocycles. The number of nitrogens with one attached hydrogen (secondary N) is 1. The summed E-state index contributed by atoms with van der Waals surface area (Å²) in [5.74, 6) is 0. The third-order valence-corrected chi connectivity index (χ3v) is 2.65. The van der Waals surface area contributed by atoms with Gasteiger partial charge in [-0.1, -0.05) is 18.0 Å². The first-order chi connectivity index (χ1) is 6.36. The van der Waals surface area contributed by atoms with Crippen molar-refractivity contribution >= 4 is 11.6 Å². The van der Waals surface area contributed by atoms with E-state index in [1.165, 1.54) is 19.3 Å². The van der Waals surface area contributed by atoms with Crippen LogP contribution in [0.5, 0.6) is 0 Å². The number of pyridine rings is 1. The molecule has 2 nitrogen and oxygen atoms in total. The van der Waals surface area contributed by atoms with Crippen molar-refractivity contribution < 1.29 is 0 Å². The fraction of sp³-hybridized carbons (Fsp3) is 0.500. The van der Waals surface area contributed by atoms with Gasteiger partial charge in [0.05, 0.1) is 5.69 Å². The summed E-state index contributed by atoms with van der Waals surface area (Å²) in [7, 11) is 0. The van der Waals surface area contributed by atoms with E-state index >= 15 is 0 Å². The molecule has 1 aromatic heterocycles. The number of hydrogen-bond donors (Lipinski definition) is 1. The molecule has 0 bridgehead atoms. The Labute approximate surface area is 83.3 Å². The monoisotopic (exact) mass is 196 g/mol. The molecule has 13 heavy (non-hydrogen) atoms. The van der Waals surface area contributed by atoms with Gasteiger partial charge in [0.2, 0.25) is 0 Å². The summed E-state index contributed by atoms with van der Waals surface area (Å²) in [5.41, 5.74) is 1.08. The van der Waals surface area contributed by atoms with Gasteiger partial charge >= 0.3 is 0 Å². The Morgan fingerprint density at radius 2 is 2.38 bits per heavy atom. The second-order valence-corrected chi connectivity index (χ2v) is 3.84. The zero-order chi connectivity index (χ0) is 9.10. The molecule has 0 aromatic carbocycles. The van der Waals surface area contributed by atoms with Crippen molar-refractivity contribution in [2.75, 3.05) is 6.54 Å². The van der Waals surface area contributed by atoms with Crippen molar-refractivity contribution in [1.82, 2.24) is 10.3 Å². The molecule has 1 aliphatic heterocycles. The molecule has 1 N–H and O–H groups in total. The van der Waals surface area contributed by atoms with Crippen LogP contribution in [0, 0.1) is 0 Å². The summed E-state index contributed by atoms with van der Waals surface area (Å²) in [4.78, 5) is 4.32. The molecule has 1 fully saturated rings. The Balaban J connectivity index is 2.14. The fourth-order valence-electron chi connectivity index (χ4n) is 1.72. The highest BCUT2D eigenvalue weighted by Gasteiger charge is 2.15. The minimum absolute atomic E-state index is 0.410. The molecule has 0 amide bonds. The van der Waals surface area contributed by atoms with Gasteiger partial charge in [-0.15, -0.1) is 0 Å². The lowest BCUT2D eigenvalue weighted by Crippen LogP contribution is -2.27. The molecule has 0 spiro atoms. The van der Waals surface area contributed by atoms with Gasteiger partial charge in [0.15, 0.2) is 0 Å². The van der Waals surface area contributed by atoms with Gasteiger partial charge in [0.1, 0.15) is 0 Å². The molecule has 3 heteroatoms. The van der Waals surface area contributed by atoms with E-state index in [4.69, 9.17) is 11.6 Å². The quantitative estimate of drug-likeness (QED) is 0.747. The van der Waals surface area contributed by atoms with Gasteiger partial charge in [-0.2, -0.15) is 0 Å². The number of halogens is 1. The fourth-order valence-corrected chi connectivity index (χ4v) is 1.88. The largest absolute Gasteiger partial charge is 0.309 e. The Bertz CT molecular complexity index is 282. The number of aromatic nitrogens is 1. The van der Waals surface area contributed by atoms with Crippen LogP contribution in [-0.4, -0.2) is 11.5 Å². The lowest BCUT2D eigenvalue weighted by Gasteiger charge is -2.22. The second-order valence-electron chi connectivity index (χ2n) is 3.40. The maximum Gasteiger partial charge on any atom is 0.0587 e. The van der Waals surface area contributed by atoms with Gasteiger partial charge < -0.3 is 5.32 Å². The normalized spacial score (nSPS) is 23.0. The second kappa shape index (κ2) is 4.07. The summed E-state index contributed by atoms with van der Waals surface area (Å²) in [6.07, 6.45) is 5.50. The van der Waals surface area contributed by atoms with Crippen LogP contribution in [0.3, 0.4) is 0 Å². The molecule has 0 unspecified atom stereocenters. The smallest absolute Gasteiger partial charge is 0.0587 e. The molecule has 70 valence electrons. The third-order valence-electron chi connectivity index (χ3n) is 2.41. The average Bonchev–Trinajstić information content (AvgIpc) is 2.19. The number of piperidine rings is 1. The predicted molar refractivity (Wildman–Crippen MR) is 53.8 cm³/mol. The summed E-state index contributed by atoms with van der Waals surface area (Å²) in [6.45, 7) is 1.10. The van der Waals surface area contributed by atoms with Crippen molar-refractivity contribution in [2.24, 2.45) is 0 Å². The van der Waals surface area contributed by atoms with Crippen molar-refractivity contribution in [3.05, 3.63) is 29.0 Å².